The molecule has 18 heavy (non-hydrogen) atoms. The van der Waals surface area contributed by atoms with Crippen LogP contribution in [-0.2, 0) is 0 Å². The predicted octanol–water partition coefficient (Wildman–Crippen LogP) is 2.43. The van der Waals surface area contributed by atoms with Crippen LogP contribution >= 0.6 is 0 Å². The summed E-state index contributed by atoms with van der Waals surface area (Å²) in [6, 6.07) is 0. The Morgan fingerprint density at radius 2 is 1.94 bits per heavy atom. The summed E-state index contributed by atoms with van der Waals surface area (Å²) in [5.74, 6) is 1.55. The van der Waals surface area contributed by atoms with Gasteiger partial charge in [0.05, 0.1) is 5.69 Å². The third-order valence-electron chi connectivity index (χ3n) is 3.78. The smallest absolute Gasteiger partial charge is 0.279 e. The first kappa shape index (κ1) is 11.4. The summed E-state index contributed by atoms with van der Waals surface area (Å²) in [6.45, 7) is 4.15. The van der Waals surface area contributed by atoms with Crippen LogP contribution in [0.5, 0.6) is 0 Å². The lowest BCUT2D eigenvalue weighted by molar-refractivity contribution is 0.668. The van der Waals surface area contributed by atoms with Gasteiger partial charge in [0.15, 0.2) is 5.52 Å². The van der Waals surface area contributed by atoms with Gasteiger partial charge in [-0.1, -0.05) is 26.7 Å². The average Bonchev–Trinajstić information content (AvgIpc) is 2.97. The molecule has 2 N–H and O–H groups in total. The summed E-state index contributed by atoms with van der Waals surface area (Å²) >= 11 is 0. The molecule has 96 valence electrons. The molecule has 1 saturated carbocycles. The van der Waals surface area contributed by atoms with Gasteiger partial charge < -0.3 is 4.98 Å². The summed E-state index contributed by atoms with van der Waals surface area (Å²) in [7, 11) is 0. The van der Waals surface area contributed by atoms with Crippen molar-refractivity contribution in [2.24, 2.45) is 0 Å². The summed E-state index contributed by atoms with van der Waals surface area (Å²) in [5.41, 5.74) is 2.01. The van der Waals surface area contributed by atoms with E-state index >= 15 is 0 Å². The van der Waals surface area contributed by atoms with Crippen molar-refractivity contribution in [2.75, 3.05) is 0 Å². The van der Waals surface area contributed by atoms with Crippen LogP contribution < -0.4 is 5.56 Å². The number of rotatable bonds is 2. The molecule has 1 fully saturated rings. The van der Waals surface area contributed by atoms with Crippen molar-refractivity contribution in [3.8, 4) is 0 Å². The molecule has 2 heterocycles. The zero-order chi connectivity index (χ0) is 12.7. The van der Waals surface area contributed by atoms with Crippen LogP contribution in [-0.4, -0.2) is 20.2 Å². The van der Waals surface area contributed by atoms with Gasteiger partial charge in [-0.05, 0) is 18.8 Å². The number of aromatic amines is 2. The van der Waals surface area contributed by atoms with Crippen molar-refractivity contribution in [2.45, 2.75) is 51.4 Å². The van der Waals surface area contributed by atoms with Gasteiger partial charge in [-0.15, -0.1) is 0 Å². The second-order valence-corrected chi connectivity index (χ2v) is 5.42. The minimum absolute atomic E-state index is 0.120. The van der Waals surface area contributed by atoms with E-state index in [4.69, 9.17) is 0 Å². The first-order valence-corrected chi connectivity index (χ1v) is 6.65. The second kappa shape index (κ2) is 4.23. The van der Waals surface area contributed by atoms with E-state index in [1.807, 2.05) is 0 Å². The van der Waals surface area contributed by atoms with E-state index in [9.17, 15) is 4.79 Å². The summed E-state index contributed by atoms with van der Waals surface area (Å²) in [6.07, 6.45) is 4.72. The molecule has 5 nitrogen and oxygen atoms in total. The quantitative estimate of drug-likeness (QED) is 0.854. The molecule has 0 spiro atoms. The molecule has 0 radical (unpaired) electrons. The number of H-pyrrole nitrogens is 2. The fourth-order valence-electron chi connectivity index (χ4n) is 2.74. The lowest BCUT2D eigenvalue weighted by atomic mass is 10.1. The molecular formula is C13H18N4O. The van der Waals surface area contributed by atoms with Crippen molar-refractivity contribution < 1.29 is 0 Å². The molecule has 0 amide bonds. The van der Waals surface area contributed by atoms with Gasteiger partial charge in [0.2, 0.25) is 0 Å². The van der Waals surface area contributed by atoms with Gasteiger partial charge in [-0.2, -0.15) is 5.10 Å². The van der Waals surface area contributed by atoms with Gasteiger partial charge in [0, 0.05) is 5.92 Å². The Morgan fingerprint density at radius 1 is 1.22 bits per heavy atom. The molecule has 2 aromatic heterocycles. The van der Waals surface area contributed by atoms with Gasteiger partial charge in [0.1, 0.15) is 11.3 Å². The van der Waals surface area contributed by atoms with E-state index < -0.39 is 0 Å². The normalized spacial score (nSPS) is 17.1. The van der Waals surface area contributed by atoms with E-state index in [1.54, 1.807) is 0 Å². The maximum absolute atomic E-state index is 12.0. The Bertz CT molecular complexity index is 619. The number of hydrogen-bond acceptors (Lipinski definition) is 3. The average molecular weight is 246 g/mol. The Hall–Kier alpha value is -1.65. The highest BCUT2D eigenvalue weighted by Gasteiger charge is 2.22. The highest BCUT2D eigenvalue weighted by molar-refractivity contribution is 5.76. The van der Waals surface area contributed by atoms with Crippen molar-refractivity contribution in [1.29, 1.82) is 0 Å². The Morgan fingerprint density at radius 3 is 2.61 bits per heavy atom. The minimum Gasteiger partial charge on any atom is -0.308 e. The van der Waals surface area contributed by atoms with Gasteiger partial charge in [-0.3, -0.25) is 9.89 Å². The molecule has 1 aliphatic rings. The SMILES string of the molecule is CC(C)c1[nH]nc2c(=O)[nH]c(C3CCCC3)nc12. The molecule has 0 aliphatic heterocycles. The van der Waals surface area contributed by atoms with Crippen LogP contribution in [0.25, 0.3) is 11.0 Å². The molecule has 0 atom stereocenters. The molecule has 0 bridgehead atoms. The van der Waals surface area contributed by atoms with Crippen LogP contribution in [0, 0.1) is 0 Å². The highest BCUT2D eigenvalue weighted by Crippen LogP contribution is 2.32. The van der Waals surface area contributed by atoms with Gasteiger partial charge in [-0.25, -0.2) is 4.98 Å². The fraction of sp³-hybridized carbons (Fsp3) is 0.615. The predicted molar refractivity (Wildman–Crippen MR) is 69.8 cm³/mol. The number of fused-ring (bicyclic) bond motifs is 1. The molecule has 1 aliphatic carbocycles. The summed E-state index contributed by atoms with van der Waals surface area (Å²) < 4.78 is 0. The molecule has 5 heteroatoms. The zero-order valence-electron chi connectivity index (χ0n) is 10.8. The summed E-state index contributed by atoms with van der Waals surface area (Å²) in [5, 5.41) is 7.02. The third kappa shape index (κ3) is 1.74. The van der Waals surface area contributed by atoms with Gasteiger partial charge >= 0.3 is 0 Å². The highest BCUT2D eigenvalue weighted by atomic mass is 16.1. The number of nitrogens with one attached hydrogen (secondary N) is 2. The van der Waals surface area contributed by atoms with E-state index in [2.05, 4.69) is 34.0 Å². The lowest BCUT2D eigenvalue weighted by Crippen LogP contribution is -2.14. The van der Waals surface area contributed by atoms with Crippen molar-refractivity contribution in [3.63, 3.8) is 0 Å². The maximum Gasteiger partial charge on any atom is 0.279 e. The second-order valence-electron chi connectivity index (χ2n) is 5.42. The van der Waals surface area contributed by atoms with E-state index in [1.165, 1.54) is 12.8 Å². The maximum atomic E-state index is 12.0. The molecule has 0 aromatic carbocycles. The number of nitrogens with zero attached hydrogens (tertiary/aromatic N) is 2. The lowest BCUT2D eigenvalue weighted by Gasteiger charge is -2.08. The number of hydrogen-bond donors (Lipinski definition) is 2. The standard InChI is InChI=1S/C13H18N4O/c1-7(2)9-10-11(17-16-9)13(18)15-12(14-10)8-5-3-4-6-8/h7-8H,3-6H2,1-2H3,(H,16,17)(H,14,15,18). The first-order chi connectivity index (χ1) is 8.66. The zero-order valence-corrected chi connectivity index (χ0v) is 10.8. The van der Waals surface area contributed by atoms with Crippen LogP contribution in [0.2, 0.25) is 0 Å². The molecule has 2 aromatic rings. The first-order valence-electron chi connectivity index (χ1n) is 6.65. The molecule has 0 unspecified atom stereocenters. The van der Waals surface area contributed by atoms with Crippen LogP contribution in [0.4, 0.5) is 0 Å². The Balaban J connectivity index is 2.17. The molecular weight excluding hydrogens is 228 g/mol. The van der Waals surface area contributed by atoms with E-state index in [-0.39, 0.29) is 5.56 Å². The van der Waals surface area contributed by atoms with E-state index in [0.29, 0.717) is 17.4 Å². The Labute approximate surface area is 105 Å². The molecule has 0 saturated heterocycles. The monoisotopic (exact) mass is 246 g/mol. The van der Waals surface area contributed by atoms with Crippen LogP contribution in [0.15, 0.2) is 4.79 Å². The van der Waals surface area contributed by atoms with Crippen molar-refractivity contribution in [3.05, 3.63) is 21.9 Å². The third-order valence-corrected chi connectivity index (χ3v) is 3.78. The van der Waals surface area contributed by atoms with E-state index in [0.717, 1.165) is 29.9 Å². The van der Waals surface area contributed by atoms with Crippen LogP contribution in [0.1, 0.15) is 62.9 Å². The van der Waals surface area contributed by atoms with Crippen molar-refractivity contribution in [1.82, 2.24) is 20.2 Å². The fourth-order valence-corrected chi connectivity index (χ4v) is 2.74. The number of aromatic nitrogens is 4. The molecule has 3 rings (SSSR count). The topological polar surface area (TPSA) is 74.4 Å². The summed E-state index contributed by atoms with van der Waals surface area (Å²) in [4.78, 5) is 19.6. The van der Waals surface area contributed by atoms with Crippen LogP contribution in [0.3, 0.4) is 0 Å². The largest absolute Gasteiger partial charge is 0.308 e. The minimum atomic E-state index is -0.120. The van der Waals surface area contributed by atoms with Gasteiger partial charge in [0.25, 0.3) is 5.56 Å². The van der Waals surface area contributed by atoms with Crippen molar-refractivity contribution >= 4 is 11.0 Å². The Kier molecular flexibility index (Phi) is 2.69.